The molecule has 0 aliphatic carbocycles. The highest BCUT2D eigenvalue weighted by atomic mass is 16.6. The number of nitrogens with one attached hydrogen (secondary N) is 1. The van der Waals surface area contributed by atoms with Gasteiger partial charge in [-0.05, 0) is 39.7 Å². The molecule has 1 atom stereocenters. The summed E-state index contributed by atoms with van der Waals surface area (Å²) in [5.74, 6) is -0.205. The second-order valence-electron chi connectivity index (χ2n) is 4.74. The van der Waals surface area contributed by atoms with Crippen LogP contribution < -0.4 is 5.32 Å². The van der Waals surface area contributed by atoms with Gasteiger partial charge in [0.15, 0.2) is 0 Å². The third-order valence-electron chi connectivity index (χ3n) is 2.80. The monoisotopic (exact) mass is 229 g/mol. The van der Waals surface area contributed by atoms with Crippen molar-refractivity contribution in [2.45, 2.75) is 51.7 Å². The van der Waals surface area contributed by atoms with Crippen LogP contribution in [0, 0.1) is 0 Å². The lowest BCUT2D eigenvalue weighted by Crippen LogP contribution is -2.48. The van der Waals surface area contributed by atoms with Crippen LogP contribution in [0.3, 0.4) is 0 Å². The Bertz CT molecular complexity index is 222. The van der Waals surface area contributed by atoms with Crippen molar-refractivity contribution in [2.24, 2.45) is 0 Å². The average Bonchev–Trinajstić information content (AvgIpc) is 2.27. The van der Waals surface area contributed by atoms with Crippen molar-refractivity contribution in [1.82, 2.24) is 5.32 Å². The number of carbonyl (C=O) groups is 1. The standard InChI is InChI=1S/C12H23NO3/c1-4-13-12(2,3)11(14)16-9-10-7-5-6-8-15-10/h10,13H,4-9H2,1-3H3. The Hall–Kier alpha value is -0.610. The van der Waals surface area contributed by atoms with Crippen LogP contribution in [0.25, 0.3) is 0 Å². The summed E-state index contributed by atoms with van der Waals surface area (Å²) in [6, 6.07) is 0. The Kier molecular flexibility index (Phi) is 5.22. The van der Waals surface area contributed by atoms with E-state index >= 15 is 0 Å². The number of esters is 1. The lowest BCUT2D eigenvalue weighted by molar-refractivity contribution is -0.155. The molecule has 0 aromatic rings. The lowest BCUT2D eigenvalue weighted by atomic mass is 10.1. The van der Waals surface area contributed by atoms with Crippen LogP contribution in [0.15, 0.2) is 0 Å². The predicted molar refractivity (Wildman–Crippen MR) is 62.3 cm³/mol. The highest BCUT2D eigenvalue weighted by molar-refractivity contribution is 5.79. The summed E-state index contributed by atoms with van der Waals surface area (Å²) in [6.07, 6.45) is 3.37. The molecule has 4 heteroatoms. The first-order valence-electron chi connectivity index (χ1n) is 6.10. The van der Waals surface area contributed by atoms with Crippen molar-refractivity contribution in [3.05, 3.63) is 0 Å². The average molecular weight is 229 g/mol. The van der Waals surface area contributed by atoms with Crippen LogP contribution in [0.1, 0.15) is 40.0 Å². The third kappa shape index (κ3) is 4.10. The summed E-state index contributed by atoms with van der Waals surface area (Å²) in [6.45, 7) is 7.56. The largest absolute Gasteiger partial charge is 0.462 e. The minimum absolute atomic E-state index is 0.0927. The van der Waals surface area contributed by atoms with Gasteiger partial charge in [0.2, 0.25) is 0 Å². The first-order chi connectivity index (χ1) is 7.56. The quantitative estimate of drug-likeness (QED) is 0.726. The van der Waals surface area contributed by atoms with Gasteiger partial charge in [-0.2, -0.15) is 0 Å². The molecule has 0 amide bonds. The molecule has 16 heavy (non-hydrogen) atoms. The maximum absolute atomic E-state index is 11.8. The van der Waals surface area contributed by atoms with Crippen molar-refractivity contribution < 1.29 is 14.3 Å². The zero-order chi connectivity index (χ0) is 12.0. The van der Waals surface area contributed by atoms with E-state index in [2.05, 4.69) is 5.32 Å². The first-order valence-corrected chi connectivity index (χ1v) is 6.10. The molecule has 4 nitrogen and oxygen atoms in total. The molecule has 1 heterocycles. The summed E-state index contributed by atoms with van der Waals surface area (Å²) in [7, 11) is 0. The molecular formula is C12H23NO3. The number of ether oxygens (including phenoxy) is 2. The molecule has 1 saturated heterocycles. The van der Waals surface area contributed by atoms with Gasteiger partial charge in [0.25, 0.3) is 0 Å². The Morgan fingerprint density at radius 3 is 2.81 bits per heavy atom. The molecular weight excluding hydrogens is 206 g/mol. The lowest BCUT2D eigenvalue weighted by Gasteiger charge is -2.26. The molecule has 1 unspecified atom stereocenters. The molecule has 1 N–H and O–H groups in total. The Balaban J connectivity index is 2.28. The SMILES string of the molecule is CCNC(C)(C)C(=O)OCC1CCCCO1. The maximum Gasteiger partial charge on any atom is 0.325 e. The Labute approximate surface area is 97.7 Å². The second kappa shape index (κ2) is 6.21. The van der Waals surface area contributed by atoms with Gasteiger partial charge in [0.05, 0.1) is 6.10 Å². The summed E-state index contributed by atoms with van der Waals surface area (Å²) < 4.78 is 10.8. The third-order valence-corrected chi connectivity index (χ3v) is 2.80. The van der Waals surface area contributed by atoms with E-state index in [-0.39, 0.29) is 12.1 Å². The van der Waals surface area contributed by atoms with Crippen LogP contribution >= 0.6 is 0 Å². The molecule has 0 radical (unpaired) electrons. The predicted octanol–water partition coefficient (Wildman–Crippen LogP) is 1.49. The van der Waals surface area contributed by atoms with Crippen LogP contribution in [0.2, 0.25) is 0 Å². The normalized spacial score (nSPS) is 21.8. The molecule has 0 spiro atoms. The zero-order valence-corrected chi connectivity index (χ0v) is 10.5. The Morgan fingerprint density at radius 1 is 1.50 bits per heavy atom. The molecule has 1 aliphatic heterocycles. The summed E-state index contributed by atoms with van der Waals surface area (Å²) in [4.78, 5) is 11.8. The molecule has 0 saturated carbocycles. The summed E-state index contributed by atoms with van der Waals surface area (Å²) >= 11 is 0. The fourth-order valence-corrected chi connectivity index (χ4v) is 1.80. The van der Waals surface area contributed by atoms with Crippen LogP contribution in [0.5, 0.6) is 0 Å². The highest BCUT2D eigenvalue weighted by Gasteiger charge is 2.29. The second-order valence-corrected chi connectivity index (χ2v) is 4.74. The van der Waals surface area contributed by atoms with Crippen molar-refractivity contribution in [3.63, 3.8) is 0 Å². The number of hydrogen-bond acceptors (Lipinski definition) is 4. The van der Waals surface area contributed by atoms with E-state index in [0.29, 0.717) is 6.61 Å². The van der Waals surface area contributed by atoms with Gasteiger partial charge in [-0.1, -0.05) is 6.92 Å². The van der Waals surface area contributed by atoms with E-state index in [9.17, 15) is 4.79 Å². The fraction of sp³-hybridized carbons (Fsp3) is 0.917. The summed E-state index contributed by atoms with van der Waals surface area (Å²) in [5.41, 5.74) is -0.608. The number of rotatable bonds is 5. The van der Waals surface area contributed by atoms with Gasteiger partial charge in [-0.25, -0.2) is 0 Å². The smallest absolute Gasteiger partial charge is 0.325 e. The maximum atomic E-state index is 11.8. The number of carbonyl (C=O) groups excluding carboxylic acids is 1. The van der Waals surface area contributed by atoms with Gasteiger partial charge in [0, 0.05) is 6.61 Å². The van der Waals surface area contributed by atoms with Gasteiger partial charge in [-0.3, -0.25) is 4.79 Å². The van der Waals surface area contributed by atoms with Gasteiger partial charge >= 0.3 is 5.97 Å². The molecule has 94 valence electrons. The molecule has 0 aromatic carbocycles. The van der Waals surface area contributed by atoms with Crippen molar-refractivity contribution in [3.8, 4) is 0 Å². The van der Waals surface area contributed by atoms with Crippen LogP contribution in [-0.2, 0) is 14.3 Å². The van der Waals surface area contributed by atoms with E-state index in [1.807, 2.05) is 20.8 Å². The molecule has 0 aromatic heterocycles. The fourth-order valence-electron chi connectivity index (χ4n) is 1.80. The van der Waals surface area contributed by atoms with Gasteiger partial charge in [-0.15, -0.1) is 0 Å². The topological polar surface area (TPSA) is 47.6 Å². The molecule has 1 fully saturated rings. The van der Waals surface area contributed by atoms with Crippen LogP contribution in [-0.4, -0.2) is 37.4 Å². The minimum Gasteiger partial charge on any atom is -0.462 e. The van der Waals surface area contributed by atoms with E-state index in [1.54, 1.807) is 0 Å². The van der Waals surface area contributed by atoms with Gasteiger partial charge < -0.3 is 14.8 Å². The van der Waals surface area contributed by atoms with E-state index < -0.39 is 5.54 Å². The van der Waals surface area contributed by atoms with Crippen LogP contribution in [0.4, 0.5) is 0 Å². The number of hydrogen-bond donors (Lipinski definition) is 1. The number of likely N-dealkylation sites (N-methyl/N-ethyl adjacent to an activating group) is 1. The van der Waals surface area contributed by atoms with Crippen molar-refractivity contribution in [1.29, 1.82) is 0 Å². The highest BCUT2D eigenvalue weighted by Crippen LogP contribution is 2.14. The van der Waals surface area contributed by atoms with E-state index in [0.717, 1.165) is 26.0 Å². The molecule has 0 bridgehead atoms. The van der Waals surface area contributed by atoms with E-state index in [1.165, 1.54) is 6.42 Å². The first kappa shape index (κ1) is 13.5. The van der Waals surface area contributed by atoms with Gasteiger partial charge in [0.1, 0.15) is 12.1 Å². The van der Waals surface area contributed by atoms with Crippen molar-refractivity contribution in [2.75, 3.05) is 19.8 Å². The molecule has 1 aliphatic rings. The summed E-state index contributed by atoms with van der Waals surface area (Å²) in [5, 5.41) is 3.09. The van der Waals surface area contributed by atoms with E-state index in [4.69, 9.17) is 9.47 Å². The van der Waals surface area contributed by atoms with Crippen molar-refractivity contribution >= 4 is 5.97 Å². The Morgan fingerprint density at radius 2 is 2.25 bits per heavy atom. The molecule has 1 rings (SSSR count). The minimum atomic E-state index is -0.608. The zero-order valence-electron chi connectivity index (χ0n) is 10.5.